The molecule has 0 bridgehead atoms. The van der Waals surface area contributed by atoms with E-state index < -0.39 is 0 Å². The van der Waals surface area contributed by atoms with Gasteiger partial charge in [0.1, 0.15) is 6.07 Å². The summed E-state index contributed by atoms with van der Waals surface area (Å²) in [4.78, 5) is 2.06. The second-order valence-corrected chi connectivity index (χ2v) is 6.19. The summed E-state index contributed by atoms with van der Waals surface area (Å²) in [6.07, 6.45) is 0. The number of benzene rings is 1. The minimum Gasteiger partial charge on any atom is -0.380 e. The van der Waals surface area contributed by atoms with E-state index >= 15 is 0 Å². The number of ether oxygens (including phenoxy) is 1. The Morgan fingerprint density at radius 1 is 1.33 bits per heavy atom. The van der Waals surface area contributed by atoms with E-state index in [1.165, 1.54) is 0 Å². The van der Waals surface area contributed by atoms with Crippen LogP contribution in [0.15, 0.2) is 18.2 Å². The van der Waals surface area contributed by atoms with Crippen LogP contribution in [-0.2, 0) is 11.3 Å². The Morgan fingerprint density at radius 2 is 2.05 bits per heavy atom. The van der Waals surface area contributed by atoms with Gasteiger partial charge in [-0.15, -0.1) is 0 Å². The quantitative estimate of drug-likeness (QED) is 0.784. The number of hydrogen-bond donors (Lipinski definition) is 1. The molecule has 0 fully saturated rings. The lowest BCUT2D eigenvalue weighted by molar-refractivity contribution is 0.154. The Hall–Kier alpha value is -1.57. The number of hydrogen-bond acceptors (Lipinski definition) is 4. The summed E-state index contributed by atoms with van der Waals surface area (Å²) in [7, 11) is 1.99. The smallest absolute Gasteiger partial charge is 0.101 e. The van der Waals surface area contributed by atoms with Crippen LogP contribution < -0.4 is 10.2 Å². The molecule has 0 saturated carbocycles. The van der Waals surface area contributed by atoms with Crippen LogP contribution in [0.4, 0.5) is 5.69 Å². The zero-order chi connectivity index (χ0) is 15.9. The molecule has 4 nitrogen and oxygen atoms in total. The van der Waals surface area contributed by atoms with E-state index in [2.05, 4.69) is 43.1 Å². The van der Waals surface area contributed by atoms with E-state index in [9.17, 15) is 5.26 Å². The third-order valence-corrected chi connectivity index (χ3v) is 3.19. The molecule has 1 aromatic carbocycles. The van der Waals surface area contributed by atoms with Gasteiger partial charge in [-0.2, -0.15) is 5.26 Å². The molecule has 0 radical (unpaired) electrons. The van der Waals surface area contributed by atoms with Gasteiger partial charge in [-0.1, -0.05) is 6.07 Å². The predicted octanol–water partition coefficient (Wildman–Crippen LogP) is 2.92. The van der Waals surface area contributed by atoms with Gasteiger partial charge in [0, 0.05) is 32.3 Å². The zero-order valence-electron chi connectivity index (χ0n) is 13.9. The summed E-state index contributed by atoms with van der Waals surface area (Å²) in [5, 5.41) is 12.8. The van der Waals surface area contributed by atoms with Gasteiger partial charge < -0.3 is 15.0 Å². The van der Waals surface area contributed by atoms with E-state index in [0.717, 1.165) is 30.9 Å². The second kappa shape index (κ2) is 8.02. The van der Waals surface area contributed by atoms with Crippen LogP contribution in [0.3, 0.4) is 0 Å². The summed E-state index contributed by atoms with van der Waals surface area (Å²) >= 11 is 0. The van der Waals surface area contributed by atoms with Gasteiger partial charge in [-0.25, -0.2) is 0 Å². The molecule has 116 valence electrons. The van der Waals surface area contributed by atoms with E-state index in [4.69, 9.17) is 4.74 Å². The maximum absolute atomic E-state index is 9.36. The Balaban J connectivity index is 2.77. The van der Waals surface area contributed by atoms with Crippen LogP contribution >= 0.6 is 0 Å². The van der Waals surface area contributed by atoms with Crippen LogP contribution in [0.2, 0.25) is 0 Å². The summed E-state index contributed by atoms with van der Waals surface area (Å²) in [5.41, 5.74) is 2.86. The second-order valence-electron chi connectivity index (χ2n) is 6.19. The largest absolute Gasteiger partial charge is 0.380 e. The summed E-state index contributed by atoms with van der Waals surface area (Å²) < 4.78 is 5.36. The fraction of sp³-hybridized carbons (Fsp3) is 0.588. The Kier molecular flexibility index (Phi) is 6.67. The van der Waals surface area contributed by atoms with E-state index in [-0.39, 0.29) is 5.54 Å². The number of nitrogens with one attached hydrogen (secondary N) is 1. The van der Waals surface area contributed by atoms with E-state index in [0.29, 0.717) is 12.2 Å². The normalized spacial score (nSPS) is 11.2. The van der Waals surface area contributed by atoms with Crippen molar-refractivity contribution in [2.45, 2.75) is 39.8 Å². The first kappa shape index (κ1) is 17.5. The average molecular weight is 289 g/mol. The van der Waals surface area contributed by atoms with Crippen molar-refractivity contribution in [1.82, 2.24) is 5.32 Å². The fourth-order valence-electron chi connectivity index (χ4n) is 1.95. The van der Waals surface area contributed by atoms with Gasteiger partial charge in [-0.3, -0.25) is 0 Å². The molecule has 4 heteroatoms. The predicted molar refractivity (Wildman–Crippen MR) is 87.5 cm³/mol. The van der Waals surface area contributed by atoms with Crippen molar-refractivity contribution >= 4 is 5.69 Å². The zero-order valence-corrected chi connectivity index (χ0v) is 13.9. The Bertz CT molecular complexity index is 486. The first-order valence-corrected chi connectivity index (χ1v) is 7.44. The lowest BCUT2D eigenvalue weighted by Gasteiger charge is -2.23. The number of likely N-dealkylation sites (N-methyl/N-ethyl adjacent to an activating group) is 1. The van der Waals surface area contributed by atoms with Gasteiger partial charge in [0.05, 0.1) is 17.9 Å². The minimum absolute atomic E-state index is 0.0692. The molecular formula is C17H27N3O. The monoisotopic (exact) mass is 289 g/mol. The van der Waals surface area contributed by atoms with Gasteiger partial charge in [0.25, 0.3) is 0 Å². The lowest BCUT2D eigenvalue weighted by Crippen LogP contribution is -2.35. The van der Waals surface area contributed by atoms with Crippen molar-refractivity contribution in [3.8, 4) is 6.07 Å². The highest BCUT2D eigenvalue weighted by atomic mass is 16.5. The summed E-state index contributed by atoms with van der Waals surface area (Å²) in [5.74, 6) is 0. The number of anilines is 1. The topological polar surface area (TPSA) is 48.3 Å². The molecular weight excluding hydrogens is 262 g/mol. The molecule has 0 aromatic heterocycles. The molecule has 0 unspecified atom stereocenters. The molecule has 0 aliphatic heterocycles. The van der Waals surface area contributed by atoms with E-state index in [1.54, 1.807) is 0 Å². The molecule has 0 saturated heterocycles. The van der Waals surface area contributed by atoms with Crippen molar-refractivity contribution < 1.29 is 4.74 Å². The van der Waals surface area contributed by atoms with Crippen molar-refractivity contribution in [3.05, 3.63) is 29.3 Å². The highest BCUT2D eigenvalue weighted by Gasteiger charge is 2.11. The molecule has 1 rings (SSSR count). The molecule has 0 amide bonds. The van der Waals surface area contributed by atoms with Crippen LogP contribution in [0, 0.1) is 11.3 Å². The highest BCUT2D eigenvalue weighted by molar-refractivity contribution is 5.60. The molecule has 0 atom stereocenters. The van der Waals surface area contributed by atoms with Crippen LogP contribution in [0.5, 0.6) is 0 Å². The molecule has 21 heavy (non-hydrogen) atoms. The van der Waals surface area contributed by atoms with Crippen LogP contribution in [-0.4, -0.2) is 32.3 Å². The first-order chi connectivity index (χ1) is 9.87. The number of nitrogens with zero attached hydrogens (tertiary/aromatic N) is 2. The van der Waals surface area contributed by atoms with Crippen molar-refractivity contribution in [1.29, 1.82) is 5.26 Å². The van der Waals surface area contributed by atoms with Gasteiger partial charge in [0.15, 0.2) is 0 Å². The molecule has 0 spiro atoms. The maximum atomic E-state index is 9.36. The van der Waals surface area contributed by atoms with Gasteiger partial charge in [-0.05, 0) is 45.4 Å². The number of rotatable bonds is 7. The molecule has 0 aliphatic rings. The lowest BCUT2D eigenvalue weighted by atomic mass is 10.1. The Labute approximate surface area is 128 Å². The highest BCUT2D eigenvalue weighted by Crippen LogP contribution is 2.20. The third-order valence-electron chi connectivity index (χ3n) is 3.19. The SMILES string of the molecule is CCOCCN(C)c1ccc(CNC(C)(C)C)cc1C#N. The Morgan fingerprint density at radius 3 is 2.62 bits per heavy atom. The minimum atomic E-state index is 0.0692. The van der Waals surface area contributed by atoms with Crippen molar-refractivity contribution in [2.24, 2.45) is 0 Å². The molecule has 1 aromatic rings. The van der Waals surface area contributed by atoms with Crippen LogP contribution in [0.1, 0.15) is 38.8 Å². The molecule has 0 aliphatic carbocycles. The van der Waals surface area contributed by atoms with E-state index in [1.807, 2.05) is 26.1 Å². The first-order valence-electron chi connectivity index (χ1n) is 7.44. The third kappa shape index (κ3) is 6.16. The maximum Gasteiger partial charge on any atom is 0.101 e. The standard InChI is InChI=1S/C17H27N3O/c1-6-21-10-9-20(5)16-8-7-14(11-15(16)12-18)13-19-17(2,3)4/h7-8,11,19H,6,9-10,13H2,1-5H3. The summed E-state index contributed by atoms with van der Waals surface area (Å²) in [6, 6.07) is 8.35. The van der Waals surface area contributed by atoms with Gasteiger partial charge >= 0.3 is 0 Å². The van der Waals surface area contributed by atoms with Gasteiger partial charge in [0.2, 0.25) is 0 Å². The molecule has 0 heterocycles. The molecule has 1 N–H and O–H groups in total. The van der Waals surface area contributed by atoms with Crippen LogP contribution in [0.25, 0.3) is 0 Å². The van der Waals surface area contributed by atoms with Crippen molar-refractivity contribution in [3.63, 3.8) is 0 Å². The average Bonchev–Trinajstić information content (AvgIpc) is 2.44. The fourth-order valence-corrected chi connectivity index (χ4v) is 1.95. The van der Waals surface area contributed by atoms with Crippen molar-refractivity contribution in [2.75, 3.05) is 31.7 Å². The summed E-state index contributed by atoms with van der Waals surface area (Å²) in [6.45, 7) is 11.3. The number of nitriles is 1.